The fourth-order valence-corrected chi connectivity index (χ4v) is 1.96. The number of ether oxygens (including phenoxy) is 1. The number of hydrogen-bond donors (Lipinski definition) is 2. The van der Waals surface area contributed by atoms with E-state index in [4.69, 9.17) is 10.5 Å². The maximum atomic E-state index is 11.1. The smallest absolute Gasteiger partial charge is 0.272 e. The normalized spacial score (nSPS) is 22.9. The number of hydrogen-bond acceptors (Lipinski definition) is 5. The molecule has 0 spiro atoms. The van der Waals surface area contributed by atoms with Crippen LogP contribution in [0.3, 0.4) is 0 Å². The van der Waals surface area contributed by atoms with Gasteiger partial charge in [-0.25, -0.2) is 9.97 Å². The van der Waals surface area contributed by atoms with Gasteiger partial charge < -0.3 is 15.8 Å². The molecular formula is C11H16N4O2. The molecule has 1 aromatic heterocycles. The molecule has 1 heterocycles. The second-order valence-electron chi connectivity index (χ2n) is 4.21. The maximum Gasteiger partial charge on any atom is 0.272 e. The monoisotopic (exact) mass is 236 g/mol. The van der Waals surface area contributed by atoms with Crippen molar-refractivity contribution >= 4 is 5.91 Å². The van der Waals surface area contributed by atoms with Crippen LogP contribution in [-0.2, 0) is 0 Å². The third kappa shape index (κ3) is 2.71. The van der Waals surface area contributed by atoms with Crippen LogP contribution >= 0.6 is 0 Å². The first kappa shape index (κ1) is 11.8. The van der Waals surface area contributed by atoms with Crippen LogP contribution in [0.25, 0.3) is 0 Å². The van der Waals surface area contributed by atoms with E-state index in [0.29, 0.717) is 5.92 Å². The Morgan fingerprint density at radius 1 is 1.53 bits per heavy atom. The first-order valence-electron chi connectivity index (χ1n) is 5.62. The van der Waals surface area contributed by atoms with Gasteiger partial charge in [0, 0.05) is 12.4 Å². The number of aromatic nitrogens is 2. The van der Waals surface area contributed by atoms with E-state index in [1.165, 1.54) is 12.4 Å². The minimum atomic E-state index is -0.612. The molecule has 0 aliphatic heterocycles. The van der Waals surface area contributed by atoms with Gasteiger partial charge in [0.05, 0.1) is 0 Å². The number of nitrogens with zero attached hydrogens (tertiary/aromatic N) is 2. The number of amides is 1. The van der Waals surface area contributed by atoms with Gasteiger partial charge in [0.1, 0.15) is 6.10 Å². The van der Waals surface area contributed by atoms with Crippen molar-refractivity contribution in [2.75, 3.05) is 13.6 Å². The molecule has 3 N–H and O–H groups in total. The van der Waals surface area contributed by atoms with E-state index in [-0.39, 0.29) is 17.7 Å². The number of carbonyl (C=O) groups excluding carboxylic acids is 1. The minimum Gasteiger partial charge on any atom is -0.473 e. The van der Waals surface area contributed by atoms with Crippen molar-refractivity contribution in [2.24, 2.45) is 11.7 Å². The molecule has 0 saturated heterocycles. The number of nitrogens with one attached hydrogen (secondary N) is 1. The first-order valence-corrected chi connectivity index (χ1v) is 5.62. The van der Waals surface area contributed by atoms with Crippen LogP contribution in [0.1, 0.15) is 23.3 Å². The third-order valence-electron chi connectivity index (χ3n) is 2.86. The summed E-state index contributed by atoms with van der Waals surface area (Å²) in [5.74, 6) is 0.269. The van der Waals surface area contributed by atoms with Crippen molar-refractivity contribution in [3.05, 3.63) is 18.1 Å². The SMILES string of the molecule is CNCC1CC(Oc2nccnc2C(N)=O)C1. The Balaban J connectivity index is 1.94. The topological polar surface area (TPSA) is 90.1 Å². The molecule has 1 fully saturated rings. The van der Waals surface area contributed by atoms with E-state index in [1.807, 2.05) is 7.05 Å². The molecule has 6 heteroatoms. The highest BCUT2D eigenvalue weighted by Crippen LogP contribution is 2.30. The van der Waals surface area contributed by atoms with Gasteiger partial charge in [-0.1, -0.05) is 0 Å². The Morgan fingerprint density at radius 2 is 2.24 bits per heavy atom. The maximum absolute atomic E-state index is 11.1. The minimum absolute atomic E-state index is 0.101. The first-order chi connectivity index (χ1) is 8.20. The average molecular weight is 236 g/mol. The summed E-state index contributed by atoms with van der Waals surface area (Å²) >= 11 is 0. The van der Waals surface area contributed by atoms with Gasteiger partial charge in [0.2, 0.25) is 5.88 Å². The molecule has 0 aromatic carbocycles. The van der Waals surface area contributed by atoms with Gasteiger partial charge in [-0.3, -0.25) is 4.79 Å². The number of carbonyl (C=O) groups is 1. The molecule has 1 saturated carbocycles. The second kappa shape index (κ2) is 5.09. The molecule has 0 radical (unpaired) electrons. The van der Waals surface area contributed by atoms with Gasteiger partial charge in [-0.15, -0.1) is 0 Å². The van der Waals surface area contributed by atoms with Crippen molar-refractivity contribution in [1.82, 2.24) is 15.3 Å². The highest BCUT2D eigenvalue weighted by atomic mass is 16.5. The summed E-state index contributed by atoms with van der Waals surface area (Å²) in [6.45, 7) is 0.989. The largest absolute Gasteiger partial charge is 0.473 e. The molecule has 1 aliphatic rings. The summed E-state index contributed by atoms with van der Waals surface area (Å²) in [6, 6.07) is 0. The van der Waals surface area contributed by atoms with Gasteiger partial charge >= 0.3 is 0 Å². The van der Waals surface area contributed by atoms with Crippen molar-refractivity contribution in [2.45, 2.75) is 18.9 Å². The van der Waals surface area contributed by atoms with E-state index in [9.17, 15) is 4.79 Å². The van der Waals surface area contributed by atoms with E-state index >= 15 is 0 Å². The molecule has 17 heavy (non-hydrogen) atoms. The van der Waals surface area contributed by atoms with E-state index in [1.54, 1.807) is 0 Å². The van der Waals surface area contributed by atoms with Gasteiger partial charge in [-0.2, -0.15) is 0 Å². The molecule has 2 rings (SSSR count). The van der Waals surface area contributed by atoms with Gasteiger partial charge in [0.15, 0.2) is 5.69 Å². The Bertz CT molecular complexity index is 404. The fraction of sp³-hybridized carbons (Fsp3) is 0.545. The second-order valence-corrected chi connectivity index (χ2v) is 4.21. The lowest BCUT2D eigenvalue weighted by Gasteiger charge is -2.34. The zero-order valence-corrected chi connectivity index (χ0v) is 9.72. The van der Waals surface area contributed by atoms with Crippen LogP contribution in [0.5, 0.6) is 5.88 Å². The summed E-state index contributed by atoms with van der Waals surface area (Å²) in [7, 11) is 1.93. The number of nitrogens with two attached hydrogens (primary N) is 1. The highest BCUT2D eigenvalue weighted by molar-refractivity contribution is 5.92. The Morgan fingerprint density at radius 3 is 2.88 bits per heavy atom. The van der Waals surface area contributed by atoms with Crippen LogP contribution in [0.15, 0.2) is 12.4 Å². The van der Waals surface area contributed by atoms with E-state index in [0.717, 1.165) is 19.4 Å². The molecule has 0 bridgehead atoms. The number of primary amides is 1. The quantitative estimate of drug-likeness (QED) is 0.748. The Kier molecular flexibility index (Phi) is 3.53. The zero-order valence-electron chi connectivity index (χ0n) is 9.72. The predicted octanol–water partition coefficient (Wildman–Crippen LogP) is -0.0477. The van der Waals surface area contributed by atoms with Crippen LogP contribution in [0.2, 0.25) is 0 Å². The Labute approximate surface area is 99.6 Å². The van der Waals surface area contributed by atoms with Crippen molar-refractivity contribution in [1.29, 1.82) is 0 Å². The summed E-state index contributed by atoms with van der Waals surface area (Å²) in [4.78, 5) is 19.0. The predicted molar refractivity (Wildman–Crippen MR) is 61.6 cm³/mol. The van der Waals surface area contributed by atoms with Crippen LogP contribution < -0.4 is 15.8 Å². The lowest BCUT2D eigenvalue weighted by atomic mass is 9.82. The summed E-state index contributed by atoms with van der Waals surface area (Å²) in [5.41, 5.74) is 5.29. The number of rotatable bonds is 5. The molecule has 1 aromatic rings. The zero-order chi connectivity index (χ0) is 12.3. The average Bonchev–Trinajstić information content (AvgIpc) is 2.26. The molecular weight excluding hydrogens is 220 g/mol. The highest BCUT2D eigenvalue weighted by Gasteiger charge is 2.31. The lowest BCUT2D eigenvalue weighted by Crippen LogP contribution is -2.39. The molecule has 1 amide bonds. The van der Waals surface area contributed by atoms with E-state index in [2.05, 4.69) is 15.3 Å². The van der Waals surface area contributed by atoms with Crippen LogP contribution in [0.4, 0.5) is 0 Å². The van der Waals surface area contributed by atoms with Gasteiger partial charge in [0.25, 0.3) is 5.91 Å². The van der Waals surface area contributed by atoms with Crippen LogP contribution in [0, 0.1) is 5.92 Å². The molecule has 0 unspecified atom stereocenters. The molecule has 0 atom stereocenters. The molecule has 92 valence electrons. The summed E-state index contributed by atoms with van der Waals surface area (Å²) < 4.78 is 5.62. The standard InChI is InChI=1S/C11H16N4O2/c1-13-6-7-4-8(5-7)17-11-9(10(12)16)14-2-3-15-11/h2-3,7-8,13H,4-6H2,1H3,(H2,12,16). The lowest BCUT2D eigenvalue weighted by molar-refractivity contribution is 0.0597. The van der Waals surface area contributed by atoms with Crippen LogP contribution in [-0.4, -0.2) is 35.6 Å². The van der Waals surface area contributed by atoms with Crippen molar-refractivity contribution in [3.63, 3.8) is 0 Å². The third-order valence-corrected chi connectivity index (χ3v) is 2.86. The molecule has 6 nitrogen and oxygen atoms in total. The van der Waals surface area contributed by atoms with Gasteiger partial charge in [-0.05, 0) is 32.4 Å². The van der Waals surface area contributed by atoms with Crippen molar-refractivity contribution < 1.29 is 9.53 Å². The van der Waals surface area contributed by atoms with Crippen molar-refractivity contribution in [3.8, 4) is 5.88 Å². The van der Waals surface area contributed by atoms with E-state index < -0.39 is 5.91 Å². The fourth-order valence-electron chi connectivity index (χ4n) is 1.96. The summed E-state index contributed by atoms with van der Waals surface area (Å²) in [6.07, 6.45) is 4.97. The Hall–Kier alpha value is -1.69. The molecule has 1 aliphatic carbocycles. The summed E-state index contributed by atoms with van der Waals surface area (Å²) in [5, 5.41) is 3.13.